The van der Waals surface area contributed by atoms with Gasteiger partial charge >= 0.3 is 5.97 Å². The van der Waals surface area contributed by atoms with Crippen molar-refractivity contribution in [1.82, 2.24) is 9.80 Å². The molecule has 1 aromatic carbocycles. The topological polar surface area (TPSA) is 42.0 Å². The van der Waals surface area contributed by atoms with Crippen molar-refractivity contribution in [2.75, 3.05) is 41.4 Å². The van der Waals surface area contributed by atoms with Gasteiger partial charge in [-0.2, -0.15) is 0 Å². The highest BCUT2D eigenvalue weighted by atomic mass is 16.5. The number of methoxy groups -OCH3 is 2. The molecule has 0 N–H and O–H groups in total. The summed E-state index contributed by atoms with van der Waals surface area (Å²) in [6.07, 6.45) is 3.75. The molecule has 1 atom stereocenters. The van der Waals surface area contributed by atoms with Crippen LogP contribution in [0.15, 0.2) is 18.2 Å². The van der Waals surface area contributed by atoms with Gasteiger partial charge in [0, 0.05) is 19.1 Å². The minimum atomic E-state index is -0.356. The summed E-state index contributed by atoms with van der Waals surface area (Å²) >= 11 is 0. The molecule has 0 aromatic heterocycles. The molecular weight excluding hydrogens is 292 g/mol. The summed E-state index contributed by atoms with van der Waals surface area (Å²) in [6, 6.07) is 6.36. The predicted octanol–water partition coefficient (Wildman–Crippen LogP) is 2.40. The van der Waals surface area contributed by atoms with Crippen molar-refractivity contribution in [3.8, 4) is 5.75 Å². The van der Waals surface area contributed by atoms with Crippen molar-refractivity contribution in [2.24, 2.45) is 0 Å². The van der Waals surface area contributed by atoms with Crippen LogP contribution in [0.25, 0.3) is 0 Å². The molecule has 1 aliphatic rings. The monoisotopic (exact) mass is 320 g/mol. The van der Waals surface area contributed by atoms with Gasteiger partial charge in [-0.3, -0.25) is 4.90 Å². The Bertz CT molecular complexity index is 531. The van der Waals surface area contributed by atoms with Crippen molar-refractivity contribution in [3.63, 3.8) is 0 Å². The average molecular weight is 320 g/mol. The summed E-state index contributed by atoms with van der Waals surface area (Å²) in [5.74, 6) is 0.202. The number of likely N-dealkylation sites (N-methyl/N-ethyl adjacent to an activating group) is 1. The molecule has 1 aliphatic heterocycles. The molecule has 0 bridgehead atoms. The summed E-state index contributed by atoms with van der Waals surface area (Å²) < 4.78 is 10.1. The predicted molar refractivity (Wildman–Crippen MR) is 90.9 cm³/mol. The van der Waals surface area contributed by atoms with E-state index in [9.17, 15) is 4.79 Å². The molecule has 1 unspecified atom stereocenters. The van der Waals surface area contributed by atoms with Crippen LogP contribution in [0.3, 0.4) is 0 Å². The number of carbonyl (C=O) groups is 1. The zero-order chi connectivity index (χ0) is 16.8. The zero-order valence-corrected chi connectivity index (χ0v) is 14.7. The van der Waals surface area contributed by atoms with Crippen LogP contribution < -0.4 is 4.74 Å². The number of nitrogens with zero attached hydrogens (tertiary/aromatic N) is 2. The van der Waals surface area contributed by atoms with Gasteiger partial charge in [-0.05, 0) is 51.2 Å². The Balaban J connectivity index is 2.13. The second kappa shape index (κ2) is 8.31. The van der Waals surface area contributed by atoms with Crippen LogP contribution >= 0.6 is 0 Å². The van der Waals surface area contributed by atoms with Gasteiger partial charge in [-0.25, -0.2) is 4.79 Å². The van der Waals surface area contributed by atoms with Gasteiger partial charge in [0.15, 0.2) is 0 Å². The number of carbonyl (C=O) groups excluding carboxylic acids is 1. The maximum Gasteiger partial charge on any atom is 0.341 e. The molecule has 0 spiro atoms. The third-order valence-corrected chi connectivity index (χ3v) is 4.54. The lowest BCUT2D eigenvalue weighted by Gasteiger charge is -2.28. The van der Waals surface area contributed by atoms with Gasteiger partial charge in [0.25, 0.3) is 0 Å². The second-order valence-corrected chi connectivity index (χ2v) is 6.37. The molecule has 23 heavy (non-hydrogen) atoms. The number of ether oxygens (including phenoxy) is 2. The Morgan fingerprint density at radius 1 is 1.30 bits per heavy atom. The molecule has 5 heteroatoms. The van der Waals surface area contributed by atoms with Gasteiger partial charge in [0.05, 0.1) is 14.2 Å². The standard InChI is InChI=1S/C18H28N2O3/c1-19(2)15-7-5-6-10-20(13-15)12-14-8-9-17(22-3)16(11-14)18(21)23-4/h8-9,11,15H,5-7,10,12-13H2,1-4H3. The highest BCUT2D eigenvalue weighted by molar-refractivity contribution is 5.92. The lowest BCUT2D eigenvalue weighted by molar-refractivity contribution is 0.0597. The Kier molecular flexibility index (Phi) is 6.42. The van der Waals surface area contributed by atoms with Crippen molar-refractivity contribution < 1.29 is 14.3 Å². The maximum absolute atomic E-state index is 11.9. The first-order valence-electron chi connectivity index (χ1n) is 8.19. The molecule has 1 aromatic rings. The molecule has 1 heterocycles. The SMILES string of the molecule is COC(=O)c1cc(CN2CCCCC(N(C)C)C2)ccc1OC. The highest BCUT2D eigenvalue weighted by Crippen LogP contribution is 2.23. The van der Waals surface area contributed by atoms with Crippen LogP contribution in [0.5, 0.6) is 5.75 Å². The first-order valence-corrected chi connectivity index (χ1v) is 8.19. The Morgan fingerprint density at radius 2 is 2.09 bits per heavy atom. The molecule has 1 fully saturated rings. The molecule has 5 nitrogen and oxygen atoms in total. The Morgan fingerprint density at radius 3 is 2.74 bits per heavy atom. The fraction of sp³-hybridized carbons (Fsp3) is 0.611. The minimum absolute atomic E-state index is 0.356. The third kappa shape index (κ3) is 4.69. The van der Waals surface area contributed by atoms with Crippen molar-refractivity contribution in [3.05, 3.63) is 29.3 Å². The summed E-state index contributed by atoms with van der Waals surface area (Å²) in [5, 5.41) is 0. The van der Waals surface area contributed by atoms with Gasteiger partial charge in [-0.1, -0.05) is 12.5 Å². The van der Waals surface area contributed by atoms with Gasteiger partial charge in [0.2, 0.25) is 0 Å². The summed E-state index contributed by atoms with van der Waals surface area (Å²) in [5.41, 5.74) is 1.61. The van der Waals surface area contributed by atoms with E-state index >= 15 is 0 Å². The largest absolute Gasteiger partial charge is 0.496 e. The van der Waals surface area contributed by atoms with Crippen molar-refractivity contribution >= 4 is 5.97 Å². The number of benzene rings is 1. The molecule has 0 radical (unpaired) electrons. The molecule has 1 saturated heterocycles. The van der Waals surface area contributed by atoms with Crippen LogP contribution in [0, 0.1) is 0 Å². The average Bonchev–Trinajstić information content (AvgIpc) is 2.79. The normalized spacial score (nSPS) is 19.4. The Labute approximate surface area is 139 Å². The molecule has 128 valence electrons. The van der Waals surface area contributed by atoms with E-state index in [0.29, 0.717) is 17.4 Å². The number of hydrogen-bond donors (Lipinski definition) is 0. The van der Waals surface area contributed by atoms with E-state index in [1.165, 1.54) is 26.4 Å². The maximum atomic E-state index is 11.9. The summed E-state index contributed by atoms with van der Waals surface area (Å²) in [7, 11) is 7.26. The lowest BCUT2D eigenvalue weighted by atomic mass is 10.1. The van der Waals surface area contributed by atoms with E-state index in [0.717, 1.165) is 25.2 Å². The number of likely N-dealkylation sites (tertiary alicyclic amines) is 1. The molecule has 0 aliphatic carbocycles. The van der Waals surface area contributed by atoms with Crippen molar-refractivity contribution in [1.29, 1.82) is 0 Å². The van der Waals surface area contributed by atoms with Gasteiger partial charge < -0.3 is 14.4 Å². The summed E-state index contributed by atoms with van der Waals surface area (Å²) in [4.78, 5) is 16.7. The van der Waals surface area contributed by atoms with E-state index in [-0.39, 0.29) is 5.97 Å². The molecular formula is C18H28N2O3. The smallest absolute Gasteiger partial charge is 0.341 e. The van der Waals surface area contributed by atoms with Gasteiger partial charge in [0.1, 0.15) is 11.3 Å². The molecule has 0 saturated carbocycles. The lowest BCUT2D eigenvalue weighted by Crippen LogP contribution is -2.38. The van der Waals surface area contributed by atoms with E-state index in [1.807, 2.05) is 18.2 Å². The van der Waals surface area contributed by atoms with Crippen LogP contribution in [-0.2, 0) is 11.3 Å². The van der Waals surface area contributed by atoms with E-state index in [2.05, 4.69) is 23.9 Å². The highest BCUT2D eigenvalue weighted by Gasteiger charge is 2.20. The van der Waals surface area contributed by atoms with E-state index in [4.69, 9.17) is 9.47 Å². The van der Waals surface area contributed by atoms with E-state index in [1.54, 1.807) is 7.11 Å². The van der Waals surface area contributed by atoms with Gasteiger partial charge in [-0.15, -0.1) is 0 Å². The van der Waals surface area contributed by atoms with Crippen LogP contribution in [0.1, 0.15) is 35.2 Å². The third-order valence-electron chi connectivity index (χ3n) is 4.54. The van der Waals surface area contributed by atoms with E-state index < -0.39 is 0 Å². The quantitative estimate of drug-likeness (QED) is 0.779. The number of hydrogen-bond acceptors (Lipinski definition) is 5. The van der Waals surface area contributed by atoms with Crippen LogP contribution in [0.2, 0.25) is 0 Å². The van der Waals surface area contributed by atoms with Crippen molar-refractivity contribution in [2.45, 2.75) is 31.8 Å². The van der Waals surface area contributed by atoms with Crippen LogP contribution in [0.4, 0.5) is 0 Å². The summed E-state index contributed by atoms with van der Waals surface area (Å²) in [6.45, 7) is 3.01. The minimum Gasteiger partial charge on any atom is -0.496 e. The second-order valence-electron chi connectivity index (χ2n) is 6.37. The van der Waals surface area contributed by atoms with Crippen LogP contribution in [-0.4, -0.2) is 63.2 Å². The fourth-order valence-corrected chi connectivity index (χ4v) is 3.14. The molecule has 0 amide bonds. The molecule has 2 rings (SSSR count). The first-order chi connectivity index (χ1) is 11.0. The fourth-order valence-electron chi connectivity index (χ4n) is 3.14. The first kappa shape index (κ1) is 17.8. The Hall–Kier alpha value is -1.59. The zero-order valence-electron chi connectivity index (χ0n) is 14.7. The number of esters is 1. The number of rotatable bonds is 5.